The molecule has 4 aliphatic rings. The molecule has 0 atom stereocenters. The first-order valence-corrected chi connectivity index (χ1v) is 17.9. The molecule has 4 saturated carbocycles. The minimum absolute atomic E-state index is 0. The van der Waals surface area contributed by atoms with Gasteiger partial charge < -0.3 is 39.6 Å². The fourth-order valence-corrected chi connectivity index (χ4v) is 7.19. The van der Waals surface area contributed by atoms with Gasteiger partial charge in [0.1, 0.15) is 0 Å². The second-order valence-electron chi connectivity index (χ2n) is 13.7. The Hall–Kier alpha value is -1.50. The van der Waals surface area contributed by atoms with Gasteiger partial charge in [-0.1, -0.05) is 128 Å². The van der Waals surface area contributed by atoms with Crippen LogP contribution in [0.5, 0.6) is 0 Å². The Morgan fingerprint density at radius 3 is 0.622 bits per heavy atom. The summed E-state index contributed by atoms with van der Waals surface area (Å²) >= 11 is 0. The van der Waals surface area contributed by atoms with E-state index in [2.05, 4.69) is 0 Å². The van der Waals surface area contributed by atoms with Gasteiger partial charge in [0.2, 0.25) is 0 Å². The van der Waals surface area contributed by atoms with Crippen LogP contribution >= 0.6 is 0 Å². The van der Waals surface area contributed by atoms with Crippen molar-refractivity contribution in [2.75, 3.05) is 0 Å². The number of rotatable bonds is 12. The van der Waals surface area contributed by atoms with Gasteiger partial charge in [-0.15, -0.1) is 0 Å². The van der Waals surface area contributed by atoms with Gasteiger partial charge in [-0.3, -0.25) is 0 Å². The van der Waals surface area contributed by atoms with Crippen molar-refractivity contribution in [2.24, 2.45) is 23.7 Å². The number of carboxylic acids is 4. The molecule has 0 unspecified atom stereocenters. The Kier molecular flexibility index (Phi) is 27.7. The zero-order chi connectivity index (χ0) is 32.4. The third-order valence-electron chi connectivity index (χ3n) is 9.93. The number of aliphatic carboxylic acids is 4. The molecule has 9 heteroatoms. The monoisotopic (exact) mass is 722 g/mol. The quantitative estimate of drug-likeness (QED) is 0.269. The van der Waals surface area contributed by atoms with Gasteiger partial charge in [0.05, 0.1) is 0 Å². The molecule has 0 heterocycles. The fraction of sp³-hybridized carbons (Fsp3) is 0.889. The van der Waals surface area contributed by atoms with E-state index in [1.165, 1.54) is 128 Å². The van der Waals surface area contributed by atoms with E-state index in [0.717, 1.165) is 25.7 Å². The maximum Gasteiger partial charge on any atom is 4.00 e. The molecular formula is C36H60O8Ru. The normalized spacial score (nSPS) is 19.6. The molecule has 0 amide bonds. The third-order valence-corrected chi connectivity index (χ3v) is 9.93. The van der Waals surface area contributed by atoms with E-state index in [-0.39, 0.29) is 45.2 Å². The maximum atomic E-state index is 10.1. The van der Waals surface area contributed by atoms with Crippen molar-refractivity contribution >= 4 is 23.9 Å². The van der Waals surface area contributed by atoms with E-state index >= 15 is 0 Å². The first-order valence-electron chi connectivity index (χ1n) is 17.9. The van der Waals surface area contributed by atoms with Gasteiger partial charge in [0, 0.05) is 23.9 Å². The largest absolute Gasteiger partial charge is 4.00 e. The smallest absolute Gasteiger partial charge is 0.550 e. The number of carboxylic acid groups (broad SMARTS) is 4. The van der Waals surface area contributed by atoms with Crippen molar-refractivity contribution in [1.29, 1.82) is 0 Å². The molecule has 0 bridgehead atoms. The number of hydrogen-bond acceptors (Lipinski definition) is 8. The molecule has 0 aromatic carbocycles. The summed E-state index contributed by atoms with van der Waals surface area (Å²) in [5, 5.41) is 40.5. The van der Waals surface area contributed by atoms with Gasteiger partial charge in [0.15, 0.2) is 0 Å². The molecular weight excluding hydrogens is 661 g/mol. The van der Waals surface area contributed by atoms with Crippen molar-refractivity contribution < 1.29 is 59.1 Å². The van der Waals surface area contributed by atoms with E-state index in [1.807, 2.05) is 0 Å². The summed E-state index contributed by atoms with van der Waals surface area (Å²) in [7, 11) is 0. The average Bonchev–Trinajstić information content (AvgIpc) is 3.04. The van der Waals surface area contributed by atoms with Crippen LogP contribution in [-0.2, 0) is 38.7 Å². The van der Waals surface area contributed by atoms with Gasteiger partial charge in [0.25, 0.3) is 0 Å². The standard InChI is InChI=1S/4C9H16O2.Ru/c4*10-9(11)7-6-8-4-2-1-3-5-8;/h4*8H,1-7H2,(H,10,11);/q;;;;+4/p-4. The zero-order valence-electron chi connectivity index (χ0n) is 27.7. The predicted molar refractivity (Wildman–Crippen MR) is 163 cm³/mol. The third kappa shape index (κ3) is 27.3. The molecule has 0 saturated heterocycles. The van der Waals surface area contributed by atoms with Crippen molar-refractivity contribution in [2.45, 2.75) is 180 Å². The first kappa shape index (κ1) is 43.5. The van der Waals surface area contributed by atoms with Crippen LogP contribution in [0.1, 0.15) is 180 Å². The van der Waals surface area contributed by atoms with E-state index in [0.29, 0.717) is 23.7 Å². The fourth-order valence-electron chi connectivity index (χ4n) is 7.19. The molecule has 4 aliphatic carbocycles. The van der Waals surface area contributed by atoms with Gasteiger partial charge in [-0.25, -0.2) is 0 Å². The summed E-state index contributed by atoms with van der Waals surface area (Å²) in [5.74, 6) is -0.899. The van der Waals surface area contributed by atoms with E-state index in [4.69, 9.17) is 0 Å². The second kappa shape index (κ2) is 28.7. The van der Waals surface area contributed by atoms with Crippen molar-refractivity contribution in [3.8, 4) is 0 Å². The van der Waals surface area contributed by atoms with Crippen LogP contribution in [-0.4, -0.2) is 23.9 Å². The molecule has 260 valence electrons. The summed E-state index contributed by atoms with van der Waals surface area (Å²) in [6.45, 7) is 0. The van der Waals surface area contributed by atoms with E-state index in [9.17, 15) is 39.6 Å². The minimum atomic E-state index is -0.893. The number of carbonyl (C=O) groups excluding carboxylic acids is 4. The second-order valence-corrected chi connectivity index (χ2v) is 13.7. The topological polar surface area (TPSA) is 161 Å². The number of carbonyl (C=O) groups is 4. The molecule has 4 fully saturated rings. The summed E-state index contributed by atoms with van der Waals surface area (Å²) in [6.07, 6.45) is 29.9. The van der Waals surface area contributed by atoms with Gasteiger partial charge in [-0.2, -0.15) is 0 Å². The summed E-state index contributed by atoms with van der Waals surface area (Å²) in [4.78, 5) is 40.5. The van der Waals surface area contributed by atoms with E-state index < -0.39 is 23.9 Å². The average molecular weight is 722 g/mol. The Bertz CT molecular complexity index is 637. The molecule has 4 rings (SSSR count). The Morgan fingerprint density at radius 1 is 0.333 bits per heavy atom. The molecule has 0 radical (unpaired) electrons. The zero-order valence-corrected chi connectivity index (χ0v) is 29.5. The van der Waals surface area contributed by atoms with Crippen LogP contribution in [0, 0.1) is 23.7 Å². The SMILES string of the molecule is O=C([O-])CCC1CCCCC1.O=C([O-])CCC1CCCCC1.O=C([O-])CCC1CCCCC1.O=C([O-])CCC1CCCCC1.[Ru+4]. The Labute approximate surface area is 285 Å². The van der Waals surface area contributed by atoms with E-state index in [1.54, 1.807) is 0 Å². The Balaban J connectivity index is 0.000000569. The van der Waals surface area contributed by atoms with Crippen molar-refractivity contribution in [1.82, 2.24) is 0 Å². The molecule has 8 nitrogen and oxygen atoms in total. The van der Waals surface area contributed by atoms with Crippen LogP contribution in [0.15, 0.2) is 0 Å². The minimum Gasteiger partial charge on any atom is -0.550 e. The van der Waals surface area contributed by atoms with Gasteiger partial charge >= 0.3 is 19.5 Å². The molecule has 0 aliphatic heterocycles. The van der Waals surface area contributed by atoms with Crippen LogP contribution in [0.25, 0.3) is 0 Å². The van der Waals surface area contributed by atoms with Crippen LogP contribution in [0.2, 0.25) is 0 Å². The molecule has 0 aromatic heterocycles. The number of hydrogen-bond donors (Lipinski definition) is 0. The molecule has 45 heavy (non-hydrogen) atoms. The molecule has 0 aromatic rings. The Morgan fingerprint density at radius 2 is 0.489 bits per heavy atom. The maximum absolute atomic E-state index is 10.1. The van der Waals surface area contributed by atoms with Crippen LogP contribution in [0.4, 0.5) is 0 Å². The van der Waals surface area contributed by atoms with Crippen molar-refractivity contribution in [3.63, 3.8) is 0 Å². The van der Waals surface area contributed by atoms with Gasteiger partial charge in [-0.05, 0) is 75.0 Å². The first-order chi connectivity index (χ1) is 21.2. The molecule has 0 N–H and O–H groups in total. The predicted octanol–water partition coefficient (Wildman–Crippen LogP) is 4.38. The van der Waals surface area contributed by atoms with Crippen molar-refractivity contribution in [3.05, 3.63) is 0 Å². The summed E-state index contributed by atoms with van der Waals surface area (Å²) in [5.41, 5.74) is 0. The van der Waals surface area contributed by atoms with Crippen LogP contribution < -0.4 is 20.4 Å². The van der Waals surface area contributed by atoms with Crippen LogP contribution in [0.3, 0.4) is 0 Å². The summed E-state index contributed by atoms with van der Waals surface area (Å²) < 4.78 is 0. The molecule has 0 spiro atoms. The summed E-state index contributed by atoms with van der Waals surface area (Å²) in [6, 6.07) is 0.